The molecule has 0 aliphatic heterocycles. The van der Waals surface area contributed by atoms with Crippen molar-refractivity contribution in [3.05, 3.63) is 34.6 Å². The Labute approximate surface area is 119 Å². The molecule has 0 saturated carbocycles. The molecular weight excluding hydrogens is 276 g/mol. The molecule has 3 aromatic rings. The molecule has 0 saturated heterocycles. The van der Waals surface area contributed by atoms with Crippen molar-refractivity contribution in [1.82, 2.24) is 25.1 Å². The smallest absolute Gasteiger partial charge is 0.248 e. The van der Waals surface area contributed by atoms with E-state index in [1.165, 1.54) is 0 Å². The van der Waals surface area contributed by atoms with Gasteiger partial charge in [-0.3, -0.25) is 0 Å². The van der Waals surface area contributed by atoms with Gasteiger partial charge in [0.15, 0.2) is 0 Å². The van der Waals surface area contributed by atoms with Crippen molar-refractivity contribution in [2.24, 2.45) is 5.73 Å². The molecule has 0 aliphatic carbocycles. The first-order chi connectivity index (χ1) is 9.52. The summed E-state index contributed by atoms with van der Waals surface area (Å²) in [6.07, 6.45) is 1.79. The third-order valence-corrected chi connectivity index (χ3v) is 3.43. The molecule has 3 heterocycles. The van der Waals surface area contributed by atoms with Crippen molar-refractivity contribution < 1.29 is 4.52 Å². The Morgan fingerprint density at radius 3 is 2.95 bits per heavy atom. The molecule has 0 spiro atoms. The Bertz CT molecular complexity index is 694. The fourth-order valence-electron chi connectivity index (χ4n) is 1.64. The van der Waals surface area contributed by atoms with Crippen LogP contribution >= 0.6 is 11.3 Å². The lowest BCUT2D eigenvalue weighted by Crippen LogP contribution is -2.29. The van der Waals surface area contributed by atoms with E-state index in [1.54, 1.807) is 22.2 Å². The van der Waals surface area contributed by atoms with Crippen LogP contribution in [0.15, 0.2) is 27.5 Å². The zero-order chi connectivity index (χ0) is 14.2. The summed E-state index contributed by atoms with van der Waals surface area (Å²) in [7, 11) is 0. The quantitative estimate of drug-likeness (QED) is 0.784. The molecule has 7 nitrogen and oxygen atoms in total. The standard InChI is InChI=1S/C12H14N6OS/c1-12(2,13)9-5-18(17-15-9)6-10-14-11(16-19-10)8-3-4-20-7-8/h3-5,7H,6,13H2,1-2H3. The van der Waals surface area contributed by atoms with E-state index in [1.807, 2.05) is 30.7 Å². The molecule has 8 heteroatoms. The lowest BCUT2D eigenvalue weighted by Gasteiger charge is -2.13. The fourth-order valence-corrected chi connectivity index (χ4v) is 2.27. The van der Waals surface area contributed by atoms with E-state index in [4.69, 9.17) is 10.3 Å². The lowest BCUT2D eigenvalue weighted by atomic mass is 10.0. The van der Waals surface area contributed by atoms with Gasteiger partial charge in [0.25, 0.3) is 0 Å². The zero-order valence-corrected chi connectivity index (χ0v) is 12.0. The Morgan fingerprint density at radius 1 is 1.45 bits per heavy atom. The first-order valence-corrected chi connectivity index (χ1v) is 7.01. The largest absolute Gasteiger partial charge is 0.337 e. The minimum Gasteiger partial charge on any atom is -0.337 e. The predicted octanol–water partition coefficient (Wildman–Crippen LogP) is 1.63. The molecule has 0 bridgehead atoms. The Balaban J connectivity index is 1.77. The Hall–Kier alpha value is -2.06. The number of aromatic nitrogens is 5. The highest BCUT2D eigenvalue weighted by Gasteiger charge is 2.19. The molecule has 0 aliphatic rings. The van der Waals surface area contributed by atoms with Crippen LogP contribution in [0.3, 0.4) is 0 Å². The van der Waals surface area contributed by atoms with E-state index in [9.17, 15) is 0 Å². The number of hydrogen-bond acceptors (Lipinski definition) is 7. The average Bonchev–Trinajstić information content (AvgIpc) is 3.08. The fraction of sp³-hybridized carbons (Fsp3) is 0.333. The molecule has 0 fully saturated rings. The Kier molecular flexibility index (Phi) is 3.11. The second kappa shape index (κ2) is 4.80. The van der Waals surface area contributed by atoms with Gasteiger partial charge < -0.3 is 10.3 Å². The molecule has 0 unspecified atom stereocenters. The Morgan fingerprint density at radius 2 is 2.30 bits per heavy atom. The topological polar surface area (TPSA) is 95.7 Å². The zero-order valence-electron chi connectivity index (χ0n) is 11.1. The summed E-state index contributed by atoms with van der Waals surface area (Å²) in [6, 6.07) is 1.95. The maximum Gasteiger partial charge on any atom is 0.248 e. The summed E-state index contributed by atoms with van der Waals surface area (Å²) in [6.45, 7) is 4.13. The van der Waals surface area contributed by atoms with Gasteiger partial charge in [0.05, 0.1) is 11.7 Å². The molecule has 0 atom stereocenters. The van der Waals surface area contributed by atoms with Crippen molar-refractivity contribution in [1.29, 1.82) is 0 Å². The van der Waals surface area contributed by atoms with Gasteiger partial charge in [-0.25, -0.2) is 4.68 Å². The van der Waals surface area contributed by atoms with E-state index in [-0.39, 0.29) is 0 Å². The third kappa shape index (κ3) is 2.61. The molecule has 104 valence electrons. The first-order valence-electron chi connectivity index (χ1n) is 6.07. The van der Waals surface area contributed by atoms with E-state index >= 15 is 0 Å². The van der Waals surface area contributed by atoms with Crippen LogP contribution in [0.4, 0.5) is 0 Å². The van der Waals surface area contributed by atoms with Crippen molar-refractivity contribution in [3.8, 4) is 11.4 Å². The maximum atomic E-state index is 5.97. The minimum absolute atomic E-state index is 0.375. The summed E-state index contributed by atoms with van der Waals surface area (Å²) < 4.78 is 6.84. The van der Waals surface area contributed by atoms with E-state index in [0.29, 0.717) is 18.3 Å². The third-order valence-electron chi connectivity index (χ3n) is 2.74. The molecule has 3 rings (SSSR count). The number of rotatable bonds is 4. The molecule has 2 N–H and O–H groups in total. The highest BCUT2D eigenvalue weighted by molar-refractivity contribution is 7.08. The van der Waals surface area contributed by atoms with Crippen LogP contribution in [0.1, 0.15) is 25.4 Å². The summed E-state index contributed by atoms with van der Waals surface area (Å²) in [5.74, 6) is 1.07. The molecular formula is C12H14N6OS. The van der Waals surface area contributed by atoms with Gasteiger partial charge in [0.1, 0.15) is 12.2 Å². The SMILES string of the molecule is CC(C)(N)c1cn(Cc2nc(-c3ccsc3)no2)nn1. The maximum absolute atomic E-state index is 5.97. The second-order valence-corrected chi connectivity index (χ2v) is 5.83. The molecule has 0 amide bonds. The predicted molar refractivity (Wildman–Crippen MR) is 73.9 cm³/mol. The van der Waals surface area contributed by atoms with Crippen LogP contribution in [0, 0.1) is 0 Å². The van der Waals surface area contributed by atoms with Gasteiger partial charge in [-0.2, -0.15) is 16.3 Å². The summed E-state index contributed by atoms with van der Waals surface area (Å²) in [5, 5.41) is 15.9. The van der Waals surface area contributed by atoms with Gasteiger partial charge in [-0.15, -0.1) is 5.10 Å². The van der Waals surface area contributed by atoms with Gasteiger partial charge >= 0.3 is 0 Å². The number of nitrogens with two attached hydrogens (primary N) is 1. The van der Waals surface area contributed by atoms with Crippen LogP contribution in [0.5, 0.6) is 0 Å². The van der Waals surface area contributed by atoms with Gasteiger partial charge in [-0.1, -0.05) is 10.4 Å². The van der Waals surface area contributed by atoms with Crippen LogP contribution in [0.25, 0.3) is 11.4 Å². The van der Waals surface area contributed by atoms with E-state index in [2.05, 4.69) is 20.5 Å². The van der Waals surface area contributed by atoms with Crippen molar-refractivity contribution >= 4 is 11.3 Å². The summed E-state index contributed by atoms with van der Waals surface area (Å²) >= 11 is 1.59. The van der Waals surface area contributed by atoms with Gasteiger partial charge in [0.2, 0.25) is 11.7 Å². The molecule has 0 aromatic carbocycles. The van der Waals surface area contributed by atoms with Gasteiger partial charge in [0, 0.05) is 10.9 Å². The molecule has 20 heavy (non-hydrogen) atoms. The van der Waals surface area contributed by atoms with Crippen LogP contribution in [0.2, 0.25) is 0 Å². The van der Waals surface area contributed by atoms with Crippen molar-refractivity contribution in [2.75, 3.05) is 0 Å². The highest BCUT2D eigenvalue weighted by atomic mass is 32.1. The first kappa shape index (κ1) is 12.9. The molecule has 0 radical (unpaired) electrons. The lowest BCUT2D eigenvalue weighted by molar-refractivity contribution is 0.364. The highest BCUT2D eigenvalue weighted by Crippen LogP contribution is 2.19. The molecule has 3 aromatic heterocycles. The second-order valence-electron chi connectivity index (χ2n) is 5.05. The van der Waals surface area contributed by atoms with E-state index in [0.717, 1.165) is 11.3 Å². The number of nitrogens with zero attached hydrogens (tertiary/aromatic N) is 5. The number of hydrogen-bond donors (Lipinski definition) is 1. The van der Waals surface area contributed by atoms with Crippen LogP contribution in [-0.2, 0) is 12.1 Å². The van der Waals surface area contributed by atoms with Crippen LogP contribution in [-0.4, -0.2) is 25.1 Å². The summed E-state index contributed by atoms with van der Waals surface area (Å²) in [5.41, 5.74) is 7.12. The normalized spacial score (nSPS) is 11.9. The monoisotopic (exact) mass is 290 g/mol. The van der Waals surface area contributed by atoms with Crippen molar-refractivity contribution in [2.45, 2.75) is 25.9 Å². The average molecular weight is 290 g/mol. The van der Waals surface area contributed by atoms with E-state index < -0.39 is 5.54 Å². The van der Waals surface area contributed by atoms with Crippen LogP contribution < -0.4 is 5.73 Å². The van der Waals surface area contributed by atoms with Crippen molar-refractivity contribution in [3.63, 3.8) is 0 Å². The number of thiophene rings is 1. The minimum atomic E-state index is -0.519. The van der Waals surface area contributed by atoms with Gasteiger partial charge in [-0.05, 0) is 25.3 Å². The summed E-state index contributed by atoms with van der Waals surface area (Å²) in [4.78, 5) is 4.33.